The summed E-state index contributed by atoms with van der Waals surface area (Å²) in [5.74, 6) is -0.375. The van der Waals surface area contributed by atoms with Crippen LogP contribution < -0.4 is 15.8 Å². The van der Waals surface area contributed by atoms with Crippen molar-refractivity contribution in [3.63, 3.8) is 0 Å². The fourth-order valence-electron chi connectivity index (χ4n) is 1.53. The smallest absolute Gasteiger partial charge is 0.404 e. The first kappa shape index (κ1) is 15.9. The van der Waals surface area contributed by atoms with Crippen LogP contribution in [0.4, 0.5) is 30.2 Å². The Kier molecular flexibility index (Phi) is 4.62. The fourth-order valence-corrected chi connectivity index (χ4v) is 2.31. The minimum atomic E-state index is -4.79. The van der Waals surface area contributed by atoms with Crippen LogP contribution in [0.15, 0.2) is 39.5 Å². The number of benzene rings is 1. The first-order valence-corrected chi connectivity index (χ1v) is 7.06. The predicted octanol–water partition coefficient (Wildman–Crippen LogP) is 4.83. The highest BCUT2D eigenvalue weighted by molar-refractivity contribution is 9.10. The first-order valence-electron chi connectivity index (χ1n) is 5.47. The molecule has 0 aliphatic heterocycles. The van der Waals surface area contributed by atoms with Crippen molar-refractivity contribution in [3.8, 4) is 5.75 Å². The van der Waals surface area contributed by atoms with Gasteiger partial charge in [0.2, 0.25) is 0 Å². The van der Waals surface area contributed by atoms with Gasteiger partial charge < -0.3 is 15.8 Å². The molecule has 0 radical (unpaired) electrons. The largest absolute Gasteiger partial charge is 0.573 e. The number of alkyl halides is 3. The summed E-state index contributed by atoms with van der Waals surface area (Å²) in [6.07, 6.45) is -1.93. The van der Waals surface area contributed by atoms with E-state index in [0.29, 0.717) is 14.6 Å². The number of nitrogens with one attached hydrogen (secondary N) is 1. The molecule has 9 heteroatoms. The summed E-state index contributed by atoms with van der Waals surface area (Å²) >= 11 is 6.33. The van der Waals surface area contributed by atoms with Crippen LogP contribution in [0.3, 0.4) is 0 Å². The normalized spacial score (nSPS) is 11.3. The van der Waals surface area contributed by atoms with Crippen molar-refractivity contribution in [1.29, 1.82) is 0 Å². The van der Waals surface area contributed by atoms with Gasteiger partial charge in [-0.25, -0.2) is 0 Å². The average Bonchev–Trinajstić information content (AvgIpc) is 2.34. The summed E-state index contributed by atoms with van der Waals surface area (Å²) in [5.41, 5.74) is 6.55. The van der Waals surface area contributed by atoms with E-state index in [-0.39, 0.29) is 17.1 Å². The van der Waals surface area contributed by atoms with Crippen molar-refractivity contribution in [2.75, 3.05) is 11.1 Å². The van der Waals surface area contributed by atoms with E-state index in [0.717, 1.165) is 0 Å². The van der Waals surface area contributed by atoms with E-state index < -0.39 is 6.36 Å². The topological polar surface area (TPSA) is 60.2 Å². The van der Waals surface area contributed by atoms with Crippen LogP contribution in [0.5, 0.6) is 5.75 Å². The molecule has 1 aromatic carbocycles. The standard InChI is InChI=1S/C12H8Br2F3N3O/c13-6-1-2-9(10(3-6)21-12(15,16)17)20-11-7(14)4-19-5-8(11)18/h1-5H,18H2,(H,19,20). The van der Waals surface area contributed by atoms with Crippen molar-refractivity contribution < 1.29 is 17.9 Å². The number of rotatable bonds is 3. The lowest BCUT2D eigenvalue weighted by molar-refractivity contribution is -0.274. The Labute approximate surface area is 134 Å². The Morgan fingerprint density at radius 3 is 2.52 bits per heavy atom. The zero-order chi connectivity index (χ0) is 15.6. The lowest BCUT2D eigenvalue weighted by Crippen LogP contribution is -2.18. The minimum Gasteiger partial charge on any atom is -0.404 e. The van der Waals surface area contributed by atoms with Gasteiger partial charge in [-0.1, -0.05) is 15.9 Å². The van der Waals surface area contributed by atoms with Crippen molar-refractivity contribution >= 4 is 48.9 Å². The summed E-state index contributed by atoms with van der Waals surface area (Å²) in [4.78, 5) is 3.85. The highest BCUT2D eigenvalue weighted by Gasteiger charge is 2.32. The molecule has 0 bridgehead atoms. The van der Waals surface area contributed by atoms with E-state index in [2.05, 4.69) is 46.9 Å². The molecule has 0 saturated heterocycles. The number of halogens is 5. The lowest BCUT2D eigenvalue weighted by Gasteiger charge is -2.16. The van der Waals surface area contributed by atoms with Crippen LogP contribution in [0.25, 0.3) is 0 Å². The van der Waals surface area contributed by atoms with Crippen LogP contribution in [-0.2, 0) is 0 Å². The number of hydrogen-bond acceptors (Lipinski definition) is 4. The van der Waals surface area contributed by atoms with Gasteiger partial charge >= 0.3 is 6.36 Å². The maximum atomic E-state index is 12.4. The SMILES string of the molecule is Nc1cncc(Br)c1Nc1ccc(Br)cc1OC(F)(F)F. The van der Waals surface area contributed by atoms with E-state index in [1.807, 2.05) is 0 Å². The van der Waals surface area contributed by atoms with E-state index in [1.54, 1.807) is 6.07 Å². The maximum Gasteiger partial charge on any atom is 0.573 e. The molecule has 21 heavy (non-hydrogen) atoms. The summed E-state index contributed by atoms with van der Waals surface area (Å²) in [6, 6.07) is 4.23. The second-order valence-electron chi connectivity index (χ2n) is 3.90. The van der Waals surface area contributed by atoms with Crippen LogP contribution in [-0.4, -0.2) is 11.3 Å². The Hall–Kier alpha value is -1.48. The Morgan fingerprint density at radius 1 is 1.19 bits per heavy atom. The van der Waals surface area contributed by atoms with Gasteiger partial charge in [-0.05, 0) is 34.1 Å². The van der Waals surface area contributed by atoms with Crippen LogP contribution in [0, 0.1) is 0 Å². The molecule has 0 aliphatic rings. The van der Waals surface area contributed by atoms with Gasteiger partial charge in [0, 0.05) is 10.7 Å². The molecule has 1 aromatic heterocycles. The van der Waals surface area contributed by atoms with Gasteiger partial charge in [-0.3, -0.25) is 4.98 Å². The zero-order valence-electron chi connectivity index (χ0n) is 10.2. The molecule has 0 amide bonds. The van der Waals surface area contributed by atoms with E-state index in [4.69, 9.17) is 5.73 Å². The molecule has 4 nitrogen and oxygen atoms in total. The van der Waals surface area contributed by atoms with Crippen molar-refractivity contribution in [1.82, 2.24) is 4.98 Å². The Bertz CT molecular complexity index is 644. The summed E-state index contributed by atoms with van der Waals surface area (Å²) < 4.78 is 42.3. The summed E-state index contributed by atoms with van der Waals surface area (Å²) in [5, 5.41) is 2.80. The number of nitrogens with two attached hydrogens (primary N) is 1. The van der Waals surface area contributed by atoms with E-state index >= 15 is 0 Å². The maximum absolute atomic E-state index is 12.4. The van der Waals surface area contributed by atoms with Gasteiger partial charge in [-0.2, -0.15) is 0 Å². The monoisotopic (exact) mass is 425 g/mol. The molecule has 0 aliphatic carbocycles. The van der Waals surface area contributed by atoms with E-state index in [9.17, 15) is 13.2 Å². The van der Waals surface area contributed by atoms with Crippen LogP contribution in [0.2, 0.25) is 0 Å². The minimum absolute atomic E-state index is 0.120. The number of hydrogen-bond donors (Lipinski definition) is 2. The second-order valence-corrected chi connectivity index (χ2v) is 5.67. The molecule has 2 aromatic rings. The van der Waals surface area contributed by atoms with Gasteiger partial charge in [-0.15, -0.1) is 13.2 Å². The lowest BCUT2D eigenvalue weighted by atomic mass is 10.2. The highest BCUT2D eigenvalue weighted by Crippen LogP contribution is 2.37. The van der Waals surface area contributed by atoms with Crippen molar-refractivity contribution in [2.45, 2.75) is 6.36 Å². The molecule has 0 saturated carbocycles. The van der Waals surface area contributed by atoms with Gasteiger partial charge in [0.15, 0.2) is 5.75 Å². The molecule has 112 valence electrons. The van der Waals surface area contributed by atoms with E-state index in [1.165, 1.54) is 24.5 Å². The summed E-state index contributed by atoms with van der Waals surface area (Å²) in [7, 11) is 0. The molecule has 2 rings (SSSR count). The Morgan fingerprint density at radius 2 is 1.90 bits per heavy atom. The molecule has 0 fully saturated rings. The number of aromatic nitrogens is 1. The number of anilines is 3. The molecule has 0 atom stereocenters. The second kappa shape index (κ2) is 6.10. The zero-order valence-corrected chi connectivity index (χ0v) is 13.4. The number of nitrogens with zero attached hydrogens (tertiary/aromatic N) is 1. The number of ether oxygens (including phenoxy) is 1. The number of nitrogen functional groups attached to an aromatic ring is 1. The van der Waals surface area contributed by atoms with Crippen LogP contribution in [0.1, 0.15) is 0 Å². The third-order valence-corrected chi connectivity index (χ3v) is 3.45. The van der Waals surface area contributed by atoms with Gasteiger partial charge in [0.25, 0.3) is 0 Å². The van der Waals surface area contributed by atoms with Crippen LogP contribution >= 0.6 is 31.9 Å². The van der Waals surface area contributed by atoms with Gasteiger partial charge in [0.05, 0.1) is 27.7 Å². The molecule has 1 heterocycles. The Balaban J connectivity index is 2.40. The molecule has 0 spiro atoms. The first-order chi connectivity index (χ1) is 9.76. The van der Waals surface area contributed by atoms with Gasteiger partial charge in [0.1, 0.15) is 0 Å². The van der Waals surface area contributed by atoms with Crippen molar-refractivity contribution in [2.24, 2.45) is 0 Å². The molecule has 3 N–H and O–H groups in total. The predicted molar refractivity (Wildman–Crippen MR) is 80.5 cm³/mol. The average molecular weight is 427 g/mol. The highest BCUT2D eigenvalue weighted by atomic mass is 79.9. The molecule has 0 unspecified atom stereocenters. The third kappa shape index (κ3) is 4.24. The third-order valence-electron chi connectivity index (χ3n) is 2.36. The molecular weight excluding hydrogens is 419 g/mol. The quantitative estimate of drug-likeness (QED) is 0.737. The molecular formula is C12H8Br2F3N3O. The summed E-state index contributed by atoms with van der Waals surface area (Å²) in [6.45, 7) is 0. The fraction of sp³-hybridized carbons (Fsp3) is 0.0833. The van der Waals surface area contributed by atoms with Crippen molar-refractivity contribution in [3.05, 3.63) is 39.5 Å². The number of pyridine rings is 1.